The van der Waals surface area contributed by atoms with Gasteiger partial charge in [-0.25, -0.2) is 0 Å². The number of likely N-dealkylation sites (tertiary alicyclic amines) is 1. The van der Waals surface area contributed by atoms with Crippen LogP contribution in [0.25, 0.3) is 0 Å². The van der Waals surface area contributed by atoms with E-state index >= 15 is 0 Å². The Kier molecular flexibility index (Phi) is 5.30. The highest BCUT2D eigenvalue weighted by Crippen LogP contribution is 2.33. The van der Waals surface area contributed by atoms with E-state index in [1.54, 1.807) is 18.2 Å². The number of benzene rings is 1. The van der Waals surface area contributed by atoms with Crippen LogP contribution in [0.5, 0.6) is 5.75 Å². The molecule has 5 heteroatoms. The second-order valence-electron chi connectivity index (χ2n) is 6.95. The highest BCUT2D eigenvalue weighted by Gasteiger charge is 2.31. The lowest BCUT2D eigenvalue weighted by molar-refractivity contribution is 0.203. The maximum absolute atomic E-state index is 9.14. The third-order valence-electron chi connectivity index (χ3n) is 4.33. The lowest BCUT2D eigenvalue weighted by Crippen LogP contribution is -2.30. The maximum Gasteiger partial charge on any atom is 0.488 e. The Balaban J connectivity index is 1.77. The van der Waals surface area contributed by atoms with E-state index in [1.807, 2.05) is 6.07 Å². The second-order valence-corrected chi connectivity index (χ2v) is 6.95. The topological polar surface area (TPSA) is 52.9 Å². The minimum atomic E-state index is -1.44. The Labute approximate surface area is 127 Å². The number of rotatable bonds is 5. The van der Waals surface area contributed by atoms with Crippen molar-refractivity contribution in [2.75, 3.05) is 26.2 Å². The quantitative estimate of drug-likeness (QED) is 0.798. The van der Waals surface area contributed by atoms with Gasteiger partial charge >= 0.3 is 7.12 Å². The van der Waals surface area contributed by atoms with Crippen LogP contribution in [-0.2, 0) is 0 Å². The molecule has 2 rings (SSSR count). The second kappa shape index (κ2) is 6.82. The van der Waals surface area contributed by atoms with E-state index in [0.29, 0.717) is 23.2 Å². The van der Waals surface area contributed by atoms with E-state index < -0.39 is 7.12 Å². The van der Waals surface area contributed by atoms with Crippen LogP contribution >= 0.6 is 0 Å². The molecule has 2 N–H and O–H groups in total. The lowest BCUT2D eigenvalue weighted by atomic mass is 9.80. The van der Waals surface area contributed by atoms with Crippen molar-refractivity contribution in [1.29, 1.82) is 0 Å². The molecule has 21 heavy (non-hydrogen) atoms. The van der Waals surface area contributed by atoms with Crippen molar-refractivity contribution in [2.45, 2.75) is 27.2 Å². The van der Waals surface area contributed by atoms with Crippen molar-refractivity contribution in [3.63, 3.8) is 0 Å². The first-order chi connectivity index (χ1) is 9.86. The number of nitrogens with zero attached hydrogens (tertiary/aromatic N) is 1. The van der Waals surface area contributed by atoms with Crippen molar-refractivity contribution < 1.29 is 14.8 Å². The van der Waals surface area contributed by atoms with Crippen LogP contribution in [0.15, 0.2) is 24.3 Å². The van der Waals surface area contributed by atoms with Gasteiger partial charge in [0, 0.05) is 13.1 Å². The Bertz CT molecular complexity index is 459. The molecule has 0 aromatic heterocycles. The van der Waals surface area contributed by atoms with Gasteiger partial charge in [0.05, 0.1) is 0 Å². The summed E-state index contributed by atoms with van der Waals surface area (Å²) in [4.78, 5) is 2.45. The molecule has 116 valence electrons. The molecule has 1 saturated heterocycles. The van der Waals surface area contributed by atoms with Crippen LogP contribution in [0.1, 0.15) is 27.2 Å². The molecule has 0 saturated carbocycles. The number of hydrogen-bond donors (Lipinski definition) is 2. The monoisotopic (exact) mass is 291 g/mol. The summed E-state index contributed by atoms with van der Waals surface area (Å²) in [5, 5.41) is 18.3. The zero-order valence-corrected chi connectivity index (χ0v) is 13.2. The molecule has 0 amide bonds. The molecular formula is C16H26BNO3. The molecule has 1 aliphatic heterocycles. The Hall–Kier alpha value is -1.04. The molecule has 1 atom stereocenters. The Morgan fingerprint density at radius 1 is 1.33 bits per heavy atom. The van der Waals surface area contributed by atoms with E-state index in [0.717, 1.165) is 25.6 Å². The normalized spacial score (nSPS) is 19.8. The summed E-state index contributed by atoms with van der Waals surface area (Å²) in [5.74, 6) is 1.44. The largest absolute Gasteiger partial charge is 0.492 e. The number of hydrogen-bond acceptors (Lipinski definition) is 4. The van der Waals surface area contributed by atoms with E-state index in [2.05, 4.69) is 25.7 Å². The minimum Gasteiger partial charge on any atom is -0.492 e. The van der Waals surface area contributed by atoms with Crippen molar-refractivity contribution in [3.05, 3.63) is 24.3 Å². The summed E-state index contributed by atoms with van der Waals surface area (Å²) in [5.41, 5.74) is 0.836. The standard InChI is InChI=1S/C16H26BNO3/c1-16(2,3)13-7-8-18(12-13)9-10-21-15-6-4-5-14(11-15)17(19)20/h4-6,11,13,19-20H,7-10,12H2,1-3H3. The predicted octanol–water partition coefficient (Wildman–Crippen LogP) is 1.11. The first kappa shape index (κ1) is 16.3. The third-order valence-corrected chi connectivity index (χ3v) is 4.33. The molecule has 1 aliphatic rings. The van der Waals surface area contributed by atoms with E-state index in [9.17, 15) is 0 Å². The Morgan fingerprint density at radius 2 is 2.10 bits per heavy atom. The van der Waals surface area contributed by atoms with Crippen molar-refractivity contribution >= 4 is 12.6 Å². The highest BCUT2D eigenvalue weighted by atomic mass is 16.5. The highest BCUT2D eigenvalue weighted by molar-refractivity contribution is 6.58. The van der Waals surface area contributed by atoms with Gasteiger partial charge in [0.15, 0.2) is 0 Å². The van der Waals surface area contributed by atoms with Gasteiger partial charge in [0.25, 0.3) is 0 Å². The van der Waals surface area contributed by atoms with Gasteiger partial charge in [-0.1, -0.05) is 32.9 Å². The van der Waals surface area contributed by atoms with E-state index in [4.69, 9.17) is 14.8 Å². The molecule has 4 nitrogen and oxygen atoms in total. The molecule has 1 heterocycles. The van der Waals surface area contributed by atoms with Crippen molar-refractivity contribution in [3.8, 4) is 5.75 Å². The molecule has 1 unspecified atom stereocenters. The predicted molar refractivity (Wildman–Crippen MR) is 85.8 cm³/mol. The van der Waals surface area contributed by atoms with Gasteiger partial charge in [-0.2, -0.15) is 0 Å². The fourth-order valence-corrected chi connectivity index (χ4v) is 2.80. The van der Waals surface area contributed by atoms with Crippen LogP contribution in [0, 0.1) is 11.3 Å². The Morgan fingerprint density at radius 3 is 2.71 bits per heavy atom. The third kappa shape index (κ3) is 4.73. The fourth-order valence-electron chi connectivity index (χ4n) is 2.80. The van der Waals surface area contributed by atoms with Gasteiger partial charge in [-0.15, -0.1) is 0 Å². The maximum atomic E-state index is 9.14. The lowest BCUT2D eigenvalue weighted by Gasteiger charge is -2.27. The first-order valence-corrected chi connectivity index (χ1v) is 7.67. The van der Waals surface area contributed by atoms with Crippen LogP contribution < -0.4 is 10.2 Å². The molecule has 0 aliphatic carbocycles. The minimum absolute atomic E-state index is 0.376. The van der Waals surface area contributed by atoms with E-state index in [1.165, 1.54) is 6.42 Å². The zero-order valence-electron chi connectivity index (χ0n) is 13.2. The van der Waals surface area contributed by atoms with Gasteiger partial charge in [0.2, 0.25) is 0 Å². The molecule has 1 aromatic rings. The summed E-state index contributed by atoms with van der Waals surface area (Å²) in [7, 11) is -1.44. The smallest absolute Gasteiger partial charge is 0.488 e. The molecule has 0 spiro atoms. The average molecular weight is 291 g/mol. The summed E-state index contributed by atoms with van der Waals surface area (Å²) in [6, 6.07) is 6.96. The van der Waals surface area contributed by atoms with Crippen LogP contribution in [0.3, 0.4) is 0 Å². The molecule has 1 aromatic carbocycles. The van der Waals surface area contributed by atoms with Crippen LogP contribution in [-0.4, -0.2) is 48.3 Å². The van der Waals surface area contributed by atoms with E-state index in [-0.39, 0.29) is 0 Å². The molecule has 0 radical (unpaired) electrons. The molecule has 0 bridgehead atoms. The molecule has 1 fully saturated rings. The SMILES string of the molecule is CC(C)(C)C1CCN(CCOc2cccc(B(O)O)c2)C1. The van der Waals surface area contributed by atoms with Crippen LogP contribution in [0.4, 0.5) is 0 Å². The fraction of sp³-hybridized carbons (Fsp3) is 0.625. The molecular weight excluding hydrogens is 265 g/mol. The summed E-state index contributed by atoms with van der Waals surface area (Å²) >= 11 is 0. The van der Waals surface area contributed by atoms with Gasteiger partial charge in [0.1, 0.15) is 12.4 Å². The van der Waals surface area contributed by atoms with Crippen molar-refractivity contribution in [2.24, 2.45) is 11.3 Å². The first-order valence-electron chi connectivity index (χ1n) is 7.67. The van der Waals surface area contributed by atoms with Crippen LogP contribution in [0.2, 0.25) is 0 Å². The summed E-state index contributed by atoms with van der Waals surface area (Å²) in [6.07, 6.45) is 1.26. The average Bonchev–Trinajstić information content (AvgIpc) is 2.88. The number of ether oxygens (including phenoxy) is 1. The van der Waals surface area contributed by atoms with Crippen molar-refractivity contribution in [1.82, 2.24) is 4.90 Å². The van der Waals surface area contributed by atoms with Gasteiger partial charge < -0.3 is 14.8 Å². The summed E-state index contributed by atoms with van der Waals surface area (Å²) in [6.45, 7) is 10.7. The van der Waals surface area contributed by atoms with Gasteiger partial charge in [-0.05, 0) is 41.9 Å². The summed E-state index contributed by atoms with van der Waals surface area (Å²) < 4.78 is 5.72. The van der Waals surface area contributed by atoms with Gasteiger partial charge in [-0.3, -0.25) is 4.90 Å². The zero-order chi connectivity index (χ0) is 15.5.